The second-order valence-corrected chi connectivity index (χ2v) is 4.74. The van der Waals surface area contributed by atoms with Gasteiger partial charge in [0.05, 0.1) is 19.8 Å². The van der Waals surface area contributed by atoms with Crippen LogP contribution in [0.25, 0.3) is 0 Å². The van der Waals surface area contributed by atoms with Gasteiger partial charge in [0, 0.05) is 38.1 Å². The van der Waals surface area contributed by atoms with Gasteiger partial charge in [-0.3, -0.25) is 9.58 Å². The lowest BCUT2D eigenvalue weighted by molar-refractivity contribution is -0.00844. The number of nitrogens with zero attached hydrogens (tertiary/aromatic N) is 3. The maximum absolute atomic E-state index is 5.58. The van der Waals surface area contributed by atoms with Crippen LogP contribution in [0.4, 0.5) is 0 Å². The second-order valence-electron chi connectivity index (χ2n) is 4.74. The molecule has 0 aliphatic carbocycles. The van der Waals surface area contributed by atoms with E-state index in [1.54, 1.807) is 0 Å². The van der Waals surface area contributed by atoms with Crippen molar-refractivity contribution in [2.75, 3.05) is 39.4 Å². The average Bonchev–Trinajstić information content (AvgIpc) is 2.91. The van der Waals surface area contributed by atoms with Gasteiger partial charge in [0.25, 0.3) is 0 Å². The van der Waals surface area contributed by atoms with Gasteiger partial charge in [-0.2, -0.15) is 5.10 Å². The van der Waals surface area contributed by atoms with Gasteiger partial charge >= 0.3 is 0 Å². The van der Waals surface area contributed by atoms with Gasteiger partial charge in [-0.1, -0.05) is 6.92 Å². The quantitative estimate of drug-likeness (QED) is 0.721. The summed E-state index contributed by atoms with van der Waals surface area (Å²) in [5.74, 6) is 0. The topological polar surface area (TPSA) is 42.3 Å². The van der Waals surface area contributed by atoms with Gasteiger partial charge in [-0.15, -0.1) is 0 Å². The molecule has 1 aromatic rings. The molecule has 1 aliphatic heterocycles. The summed E-state index contributed by atoms with van der Waals surface area (Å²) in [5.41, 5.74) is 0. The molecule has 1 N–H and O–H groups in total. The molecule has 1 aromatic heterocycles. The number of nitrogens with one attached hydrogen (secondary N) is 1. The van der Waals surface area contributed by atoms with Crippen LogP contribution in [0.1, 0.15) is 13.3 Å². The summed E-state index contributed by atoms with van der Waals surface area (Å²) in [6.07, 6.45) is 5.03. The predicted molar refractivity (Wildman–Crippen MR) is 71.6 cm³/mol. The zero-order chi connectivity index (χ0) is 12.6. The summed E-state index contributed by atoms with van der Waals surface area (Å²) in [7, 11) is 0. The first-order valence-corrected chi connectivity index (χ1v) is 6.90. The van der Waals surface area contributed by atoms with Crippen LogP contribution in [0.3, 0.4) is 0 Å². The Kier molecular flexibility index (Phi) is 5.64. The summed E-state index contributed by atoms with van der Waals surface area (Å²) in [5, 5.41) is 7.73. The van der Waals surface area contributed by atoms with E-state index in [1.807, 2.05) is 23.1 Å². The van der Waals surface area contributed by atoms with Crippen molar-refractivity contribution in [3.05, 3.63) is 18.5 Å². The minimum Gasteiger partial charge on any atom is -0.378 e. The fraction of sp³-hybridized carbons (Fsp3) is 0.769. The Balaban J connectivity index is 1.76. The van der Waals surface area contributed by atoms with Crippen molar-refractivity contribution in [3.63, 3.8) is 0 Å². The first kappa shape index (κ1) is 13.5. The standard InChI is InChI=1S/C13H24N4O/c1-2-4-14-11-13-12-18-10-9-16(13)7-8-17-6-3-5-15-17/h3,5-6,13-14H,2,4,7-12H2,1H3. The van der Waals surface area contributed by atoms with E-state index in [2.05, 4.69) is 22.2 Å². The zero-order valence-electron chi connectivity index (χ0n) is 11.2. The molecule has 0 aromatic carbocycles. The van der Waals surface area contributed by atoms with E-state index < -0.39 is 0 Å². The lowest BCUT2D eigenvalue weighted by Gasteiger charge is -2.35. The van der Waals surface area contributed by atoms with Crippen LogP contribution in [0.5, 0.6) is 0 Å². The number of rotatable bonds is 7. The minimum atomic E-state index is 0.501. The molecule has 5 heteroatoms. The van der Waals surface area contributed by atoms with Crippen molar-refractivity contribution in [1.29, 1.82) is 0 Å². The van der Waals surface area contributed by atoms with Crippen LogP contribution in [-0.4, -0.2) is 60.1 Å². The van der Waals surface area contributed by atoms with Crippen LogP contribution in [0, 0.1) is 0 Å². The fourth-order valence-electron chi connectivity index (χ4n) is 2.28. The van der Waals surface area contributed by atoms with Crippen molar-refractivity contribution >= 4 is 0 Å². The Labute approximate surface area is 109 Å². The Morgan fingerprint density at radius 2 is 2.39 bits per heavy atom. The number of hydrogen-bond acceptors (Lipinski definition) is 4. The highest BCUT2D eigenvalue weighted by molar-refractivity contribution is 4.80. The van der Waals surface area contributed by atoms with Crippen molar-refractivity contribution in [2.45, 2.75) is 25.9 Å². The van der Waals surface area contributed by atoms with Crippen LogP contribution < -0.4 is 5.32 Å². The summed E-state index contributed by atoms with van der Waals surface area (Å²) < 4.78 is 7.57. The van der Waals surface area contributed by atoms with Gasteiger partial charge in [0.1, 0.15) is 0 Å². The molecule has 0 amide bonds. The molecular weight excluding hydrogens is 228 g/mol. The van der Waals surface area contributed by atoms with E-state index in [0.717, 1.165) is 45.9 Å². The van der Waals surface area contributed by atoms with Crippen LogP contribution in [-0.2, 0) is 11.3 Å². The number of morpholine rings is 1. The first-order valence-electron chi connectivity index (χ1n) is 6.90. The SMILES string of the molecule is CCCNCC1COCCN1CCn1cccn1. The third-order valence-corrected chi connectivity index (χ3v) is 3.33. The van der Waals surface area contributed by atoms with E-state index in [1.165, 1.54) is 6.42 Å². The highest BCUT2D eigenvalue weighted by Crippen LogP contribution is 2.06. The van der Waals surface area contributed by atoms with E-state index in [0.29, 0.717) is 6.04 Å². The number of aromatic nitrogens is 2. The molecule has 1 fully saturated rings. The minimum absolute atomic E-state index is 0.501. The van der Waals surface area contributed by atoms with Crippen molar-refractivity contribution < 1.29 is 4.74 Å². The van der Waals surface area contributed by atoms with Gasteiger partial charge in [-0.25, -0.2) is 0 Å². The highest BCUT2D eigenvalue weighted by atomic mass is 16.5. The van der Waals surface area contributed by atoms with Crippen LogP contribution in [0.2, 0.25) is 0 Å². The maximum Gasteiger partial charge on any atom is 0.0634 e. The molecule has 2 heterocycles. The molecule has 2 rings (SSSR count). The largest absolute Gasteiger partial charge is 0.378 e. The molecule has 18 heavy (non-hydrogen) atoms. The Morgan fingerprint density at radius 3 is 3.17 bits per heavy atom. The summed E-state index contributed by atoms with van der Waals surface area (Å²) in [6, 6.07) is 2.47. The third-order valence-electron chi connectivity index (χ3n) is 3.33. The molecule has 0 saturated carbocycles. The van der Waals surface area contributed by atoms with Crippen molar-refractivity contribution in [1.82, 2.24) is 20.0 Å². The zero-order valence-corrected chi connectivity index (χ0v) is 11.2. The molecule has 1 unspecified atom stereocenters. The monoisotopic (exact) mass is 252 g/mol. The van der Waals surface area contributed by atoms with Gasteiger partial charge in [-0.05, 0) is 19.0 Å². The van der Waals surface area contributed by atoms with Crippen LogP contribution in [0.15, 0.2) is 18.5 Å². The second kappa shape index (κ2) is 7.51. The molecule has 5 nitrogen and oxygen atoms in total. The lowest BCUT2D eigenvalue weighted by atomic mass is 10.2. The Morgan fingerprint density at radius 1 is 1.44 bits per heavy atom. The van der Waals surface area contributed by atoms with Crippen molar-refractivity contribution in [2.24, 2.45) is 0 Å². The smallest absolute Gasteiger partial charge is 0.0634 e. The summed E-state index contributed by atoms with van der Waals surface area (Å²) in [4.78, 5) is 2.51. The number of ether oxygens (including phenoxy) is 1. The summed E-state index contributed by atoms with van der Waals surface area (Å²) in [6.45, 7) is 9.02. The van der Waals surface area contributed by atoms with Gasteiger partial charge in [0.15, 0.2) is 0 Å². The van der Waals surface area contributed by atoms with E-state index >= 15 is 0 Å². The van der Waals surface area contributed by atoms with Gasteiger partial charge in [0.2, 0.25) is 0 Å². The summed E-state index contributed by atoms with van der Waals surface area (Å²) >= 11 is 0. The molecule has 0 spiro atoms. The molecule has 1 aliphatic rings. The van der Waals surface area contributed by atoms with E-state index in [-0.39, 0.29) is 0 Å². The molecular formula is C13H24N4O. The Bertz CT molecular complexity index is 315. The first-order chi connectivity index (χ1) is 8.90. The third kappa shape index (κ3) is 4.08. The molecule has 0 bridgehead atoms. The van der Waals surface area contributed by atoms with Gasteiger partial charge < -0.3 is 10.1 Å². The molecule has 0 radical (unpaired) electrons. The number of hydrogen-bond donors (Lipinski definition) is 1. The van der Waals surface area contributed by atoms with Crippen LogP contribution >= 0.6 is 0 Å². The van der Waals surface area contributed by atoms with E-state index in [4.69, 9.17) is 4.74 Å². The molecule has 102 valence electrons. The average molecular weight is 252 g/mol. The predicted octanol–water partition coefficient (Wildman–Crippen LogP) is 0.583. The maximum atomic E-state index is 5.58. The van der Waals surface area contributed by atoms with E-state index in [9.17, 15) is 0 Å². The molecule has 1 atom stereocenters. The normalized spacial score (nSPS) is 21.3. The fourth-order valence-corrected chi connectivity index (χ4v) is 2.28. The highest BCUT2D eigenvalue weighted by Gasteiger charge is 2.22. The van der Waals surface area contributed by atoms with Crippen molar-refractivity contribution in [3.8, 4) is 0 Å². The lowest BCUT2D eigenvalue weighted by Crippen LogP contribution is -2.51. The molecule has 1 saturated heterocycles. The Hall–Kier alpha value is -0.910.